The normalized spacial score (nSPS) is 11.5. The zero-order chi connectivity index (χ0) is 11.9. The first-order valence-corrected chi connectivity index (χ1v) is 4.44. The summed E-state index contributed by atoms with van der Waals surface area (Å²) in [5.74, 6) is -0.0701. The molecule has 0 aliphatic rings. The molecule has 0 saturated carbocycles. The summed E-state index contributed by atoms with van der Waals surface area (Å²) in [5.41, 5.74) is 0. The van der Waals surface area contributed by atoms with Crippen molar-refractivity contribution in [3.63, 3.8) is 0 Å². The molecule has 90 valence electrons. The van der Waals surface area contributed by atoms with Crippen LogP contribution in [0.3, 0.4) is 0 Å². The first-order valence-electron chi connectivity index (χ1n) is 4.44. The quantitative estimate of drug-likeness (QED) is 0.676. The Bertz CT molecular complexity index is 195. The molecule has 0 aromatic carbocycles. The fourth-order valence-corrected chi connectivity index (χ4v) is 0.783. The largest absolute Gasteiger partial charge is 0.522 e. The molecular weight excluding hydrogens is 213 g/mol. The van der Waals surface area contributed by atoms with Crippen LogP contribution in [0.25, 0.3) is 0 Å². The minimum Gasteiger partial charge on any atom is -0.349 e. The van der Waals surface area contributed by atoms with Gasteiger partial charge in [0, 0.05) is 33.6 Å². The topological polar surface area (TPSA) is 41.6 Å². The van der Waals surface area contributed by atoms with Crippen LogP contribution >= 0.6 is 0 Å². The number of nitrogens with one attached hydrogen (secondary N) is 1. The number of halogens is 3. The van der Waals surface area contributed by atoms with Crippen molar-refractivity contribution in [3.05, 3.63) is 0 Å². The maximum Gasteiger partial charge on any atom is 0.522 e. The number of amides is 1. The molecule has 4 nitrogen and oxygen atoms in total. The van der Waals surface area contributed by atoms with Crippen molar-refractivity contribution in [2.75, 3.05) is 33.8 Å². The van der Waals surface area contributed by atoms with E-state index in [1.165, 1.54) is 4.90 Å². The summed E-state index contributed by atoms with van der Waals surface area (Å²) in [6.45, 7) is -0.0297. The Hall–Kier alpha value is -0.820. The monoisotopic (exact) mass is 228 g/mol. The summed E-state index contributed by atoms with van der Waals surface area (Å²) in [6.07, 6.45) is -4.32. The predicted octanol–water partition coefficient (Wildman–Crippen LogP) is 0.591. The van der Waals surface area contributed by atoms with Gasteiger partial charge < -0.3 is 10.2 Å². The lowest BCUT2D eigenvalue weighted by molar-refractivity contribution is -0.323. The van der Waals surface area contributed by atoms with Crippen LogP contribution in [0.1, 0.15) is 6.42 Å². The minimum absolute atomic E-state index is 0.0697. The molecule has 1 amide bonds. The second kappa shape index (κ2) is 6.62. The third-order valence-corrected chi connectivity index (χ3v) is 1.56. The van der Waals surface area contributed by atoms with Crippen LogP contribution in [0.4, 0.5) is 13.2 Å². The number of ether oxygens (including phenoxy) is 1. The van der Waals surface area contributed by atoms with Crippen molar-refractivity contribution in [2.24, 2.45) is 0 Å². The molecule has 0 unspecified atom stereocenters. The van der Waals surface area contributed by atoms with Crippen LogP contribution in [0.2, 0.25) is 0 Å². The van der Waals surface area contributed by atoms with Gasteiger partial charge in [0.25, 0.3) is 0 Å². The molecule has 0 fully saturated rings. The highest BCUT2D eigenvalue weighted by Crippen LogP contribution is 2.14. The Kier molecular flexibility index (Phi) is 6.26. The number of hydrogen-bond acceptors (Lipinski definition) is 3. The smallest absolute Gasteiger partial charge is 0.349 e. The first-order chi connectivity index (χ1) is 6.83. The minimum atomic E-state index is -4.58. The van der Waals surface area contributed by atoms with Gasteiger partial charge in [-0.3, -0.25) is 9.53 Å². The zero-order valence-electron chi connectivity index (χ0n) is 8.73. The molecule has 0 radical (unpaired) electrons. The van der Waals surface area contributed by atoms with Crippen LogP contribution < -0.4 is 5.32 Å². The lowest BCUT2D eigenvalue weighted by atomic mass is 10.4. The molecular formula is C8H15F3N2O2. The summed E-state index contributed by atoms with van der Waals surface area (Å²) in [5, 5.41) is 2.67. The van der Waals surface area contributed by atoms with E-state index >= 15 is 0 Å². The SMILES string of the molecule is CN(C)C(=O)CCNCCOC(F)(F)F. The van der Waals surface area contributed by atoms with Crippen molar-refractivity contribution >= 4 is 5.91 Å². The van der Waals surface area contributed by atoms with Gasteiger partial charge in [0.05, 0.1) is 6.61 Å². The summed E-state index contributed by atoms with van der Waals surface area (Å²) < 4.78 is 38.0. The van der Waals surface area contributed by atoms with E-state index in [0.29, 0.717) is 6.54 Å². The molecule has 0 heterocycles. The van der Waals surface area contributed by atoms with Crippen molar-refractivity contribution in [1.29, 1.82) is 0 Å². The van der Waals surface area contributed by atoms with Crippen LogP contribution in [-0.2, 0) is 9.53 Å². The van der Waals surface area contributed by atoms with E-state index in [4.69, 9.17) is 0 Å². The second-order valence-electron chi connectivity index (χ2n) is 3.08. The third-order valence-electron chi connectivity index (χ3n) is 1.56. The van der Waals surface area contributed by atoms with Crippen LogP contribution in [-0.4, -0.2) is 51.0 Å². The van der Waals surface area contributed by atoms with Gasteiger partial charge in [-0.15, -0.1) is 13.2 Å². The Morgan fingerprint density at radius 1 is 1.33 bits per heavy atom. The third kappa shape index (κ3) is 9.48. The van der Waals surface area contributed by atoms with E-state index in [1.54, 1.807) is 14.1 Å². The Balaban J connectivity index is 3.30. The van der Waals surface area contributed by atoms with Crippen LogP contribution in [0.5, 0.6) is 0 Å². The lowest BCUT2D eigenvalue weighted by Crippen LogP contribution is -2.29. The summed E-state index contributed by atoms with van der Waals surface area (Å²) in [4.78, 5) is 12.4. The molecule has 1 N–H and O–H groups in total. The van der Waals surface area contributed by atoms with E-state index in [9.17, 15) is 18.0 Å². The number of alkyl halides is 3. The maximum atomic E-state index is 11.5. The number of hydrogen-bond donors (Lipinski definition) is 1. The van der Waals surface area contributed by atoms with Crippen LogP contribution in [0.15, 0.2) is 0 Å². The highest BCUT2D eigenvalue weighted by atomic mass is 19.4. The van der Waals surface area contributed by atoms with Crippen molar-refractivity contribution in [1.82, 2.24) is 10.2 Å². The van der Waals surface area contributed by atoms with Gasteiger partial charge in [-0.05, 0) is 0 Å². The molecule has 7 heteroatoms. The molecule has 0 aliphatic carbocycles. The van der Waals surface area contributed by atoms with Crippen molar-refractivity contribution in [2.45, 2.75) is 12.8 Å². The zero-order valence-corrected chi connectivity index (χ0v) is 8.73. The van der Waals surface area contributed by atoms with Gasteiger partial charge in [0.1, 0.15) is 0 Å². The van der Waals surface area contributed by atoms with Crippen molar-refractivity contribution in [3.8, 4) is 0 Å². The molecule has 0 spiro atoms. The van der Waals surface area contributed by atoms with Gasteiger partial charge in [0.15, 0.2) is 0 Å². The molecule has 0 rings (SSSR count). The average molecular weight is 228 g/mol. The Morgan fingerprint density at radius 2 is 1.93 bits per heavy atom. The van der Waals surface area contributed by atoms with E-state index in [0.717, 1.165) is 0 Å². The number of nitrogens with zero attached hydrogens (tertiary/aromatic N) is 1. The summed E-state index contributed by atoms with van der Waals surface area (Å²) in [6, 6.07) is 0. The van der Waals surface area contributed by atoms with Gasteiger partial charge >= 0.3 is 6.36 Å². The molecule has 15 heavy (non-hydrogen) atoms. The highest BCUT2D eigenvalue weighted by Gasteiger charge is 2.28. The van der Waals surface area contributed by atoms with E-state index in [-0.39, 0.29) is 18.9 Å². The van der Waals surface area contributed by atoms with E-state index < -0.39 is 13.0 Å². The summed E-state index contributed by atoms with van der Waals surface area (Å²) in [7, 11) is 3.24. The average Bonchev–Trinajstić information content (AvgIpc) is 2.08. The molecule has 0 saturated heterocycles. The lowest BCUT2D eigenvalue weighted by Gasteiger charge is -2.11. The van der Waals surface area contributed by atoms with Gasteiger partial charge in [-0.25, -0.2) is 0 Å². The van der Waals surface area contributed by atoms with Crippen molar-refractivity contribution < 1.29 is 22.7 Å². The second-order valence-corrected chi connectivity index (χ2v) is 3.08. The Morgan fingerprint density at radius 3 is 2.40 bits per heavy atom. The standard InChI is InChI=1S/C8H15F3N2O2/c1-13(2)7(14)3-4-12-5-6-15-8(9,10)11/h12H,3-6H2,1-2H3. The molecule has 0 aromatic heterocycles. The van der Waals surface area contributed by atoms with Gasteiger partial charge in [0.2, 0.25) is 5.91 Å². The molecule has 0 atom stereocenters. The number of carbonyl (C=O) groups excluding carboxylic acids is 1. The highest BCUT2D eigenvalue weighted by molar-refractivity contribution is 5.75. The fourth-order valence-electron chi connectivity index (χ4n) is 0.783. The van der Waals surface area contributed by atoms with E-state index in [1.807, 2.05) is 0 Å². The number of rotatable bonds is 6. The first kappa shape index (κ1) is 14.2. The number of carbonyl (C=O) groups is 1. The fraction of sp³-hybridized carbons (Fsp3) is 0.875. The maximum absolute atomic E-state index is 11.5. The van der Waals surface area contributed by atoms with Gasteiger partial charge in [-0.1, -0.05) is 0 Å². The molecule has 0 aliphatic heterocycles. The van der Waals surface area contributed by atoms with E-state index in [2.05, 4.69) is 10.1 Å². The summed E-state index contributed by atoms with van der Waals surface area (Å²) >= 11 is 0. The molecule has 0 aromatic rings. The Labute approximate surface area is 86.4 Å². The van der Waals surface area contributed by atoms with Crippen LogP contribution in [0, 0.1) is 0 Å². The predicted molar refractivity (Wildman–Crippen MR) is 48.2 cm³/mol. The van der Waals surface area contributed by atoms with Gasteiger partial charge in [-0.2, -0.15) is 0 Å². The molecule has 0 bridgehead atoms.